The highest BCUT2D eigenvalue weighted by Gasteiger charge is 2.20. The number of ether oxygens (including phenoxy) is 1. The summed E-state index contributed by atoms with van der Waals surface area (Å²) in [6, 6.07) is 8.78. The van der Waals surface area contributed by atoms with Gasteiger partial charge in [-0.1, -0.05) is 23.7 Å². The summed E-state index contributed by atoms with van der Waals surface area (Å²) in [5.41, 5.74) is 0.954. The molecule has 0 radical (unpaired) electrons. The first-order valence-electron chi connectivity index (χ1n) is 6.00. The first kappa shape index (κ1) is 15.5. The third-order valence-corrected chi connectivity index (χ3v) is 4.70. The zero-order valence-corrected chi connectivity index (χ0v) is 13.0. The molecule has 0 saturated carbocycles. The summed E-state index contributed by atoms with van der Waals surface area (Å²) in [4.78, 5) is -0.209. The lowest BCUT2D eigenvalue weighted by Crippen LogP contribution is -2.14. The van der Waals surface area contributed by atoms with Gasteiger partial charge in [0, 0.05) is 11.1 Å². The molecule has 0 aliphatic rings. The van der Waals surface area contributed by atoms with Crippen LogP contribution in [0.15, 0.2) is 41.3 Å². The van der Waals surface area contributed by atoms with Crippen LogP contribution in [0.1, 0.15) is 5.56 Å². The van der Waals surface area contributed by atoms with Crippen molar-refractivity contribution in [1.82, 2.24) is 0 Å². The quantitative estimate of drug-likeness (QED) is 0.904. The normalized spacial score (nSPS) is 11.2. The monoisotopic (exact) mass is 327 g/mol. The molecular formula is C14H14ClNO4S. The van der Waals surface area contributed by atoms with Crippen LogP contribution in [0.25, 0.3) is 0 Å². The van der Waals surface area contributed by atoms with Crippen LogP contribution in [0.2, 0.25) is 5.02 Å². The number of benzene rings is 2. The Morgan fingerprint density at radius 3 is 2.52 bits per heavy atom. The van der Waals surface area contributed by atoms with Crippen LogP contribution >= 0.6 is 11.6 Å². The van der Waals surface area contributed by atoms with E-state index in [2.05, 4.69) is 4.72 Å². The van der Waals surface area contributed by atoms with Crippen molar-refractivity contribution in [3.63, 3.8) is 0 Å². The number of rotatable bonds is 4. The van der Waals surface area contributed by atoms with Gasteiger partial charge >= 0.3 is 0 Å². The second-order valence-corrected chi connectivity index (χ2v) is 6.43. The van der Waals surface area contributed by atoms with E-state index in [1.54, 1.807) is 19.1 Å². The molecule has 0 amide bonds. The molecule has 0 atom stereocenters. The van der Waals surface area contributed by atoms with Crippen LogP contribution in [-0.2, 0) is 10.0 Å². The number of para-hydroxylation sites is 1. The predicted molar refractivity (Wildman–Crippen MR) is 81.7 cm³/mol. The van der Waals surface area contributed by atoms with Crippen molar-refractivity contribution in [3.8, 4) is 11.5 Å². The number of halogens is 1. The number of aromatic hydroxyl groups is 1. The lowest BCUT2D eigenvalue weighted by atomic mass is 10.2. The van der Waals surface area contributed by atoms with Gasteiger partial charge in [0.15, 0.2) is 0 Å². The summed E-state index contributed by atoms with van der Waals surface area (Å²) >= 11 is 5.98. The highest BCUT2D eigenvalue weighted by atomic mass is 35.5. The fourth-order valence-corrected chi connectivity index (χ4v) is 3.11. The third-order valence-electron chi connectivity index (χ3n) is 2.88. The van der Waals surface area contributed by atoms with E-state index in [1.807, 2.05) is 0 Å². The first-order valence-corrected chi connectivity index (χ1v) is 7.86. The van der Waals surface area contributed by atoms with Gasteiger partial charge in [0.25, 0.3) is 10.0 Å². The molecular weight excluding hydrogens is 314 g/mol. The number of aryl methyl sites for hydroxylation is 1. The number of methoxy groups -OCH3 is 1. The zero-order chi connectivity index (χ0) is 15.6. The van der Waals surface area contributed by atoms with Crippen molar-refractivity contribution >= 4 is 27.3 Å². The molecule has 0 spiro atoms. The molecule has 7 heteroatoms. The van der Waals surface area contributed by atoms with E-state index in [1.165, 1.54) is 31.4 Å². The molecule has 2 rings (SSSR count). The Hall–Kier alpha value is -1.92. The molecule has 21 heavy (non-hydrogen) atoms. The Kier molecular flexibility index (Phi) is 4.29. The Bertz CT molecular complexity index is 775. The fourth-order valence-electron chi connectivity index (χ4n) is 1.80. The molecule has 2 aromatic rings. The summed E-state index contributed by atoms with van der Waals surface area (Å²) in [6.07, 6.45) is 0. The molecule has 0 heterocycles. The number of hydrogen-bond donors (Lipinski definition) is 2. The molecule has 0 fully saturated rings. The van der Waals surface area contributed by atoms with E-state index in [-0.39, 0.29) is 16.3 Å². The molecule has 0 unspecified atom stereocenters. The minimum atomic E-state index is -3.93. The number of phenols is 1. The third kappa shape index (κ3) is 3.22. The maximum absolute atomic E-state index is 12.3. The summed E-state index contributed by atoms with van der Waals surface area (Å²) < 4.78 is 32.2. The fraction of sp³-hybridized carbons (Fsp3) is 0.143. The average molecular weight is 328 g/mol. The van der Waals surface area contributed by atoms with E-state index in [4.69, 9.17) is 16.3 Å². The van der Waals surface area contributed by atoms with Gasteiger partial charge in [0.1, 0.15) is 16.4 Å². The van der Waals surface area contributed by atoms with Crippen LogP contribution in [0.3, 0.4) is 0 Å². The van der Waals surface area contributed by atoms with Crippen LogP contribution in [-0.4, -0.2) is 20.6 Å². The van der Waals surface area contributed by atoms with Crippen molar-refractivity contribution in [1.29, 1.82) is 0 Å². The highest BCUT2D eigenvalue weighted by Crippen LogP contribution is 2.33. The number of phenolic OH excluding ortho intramolecular Hbond substituents is 1. The van der Waals surface area contributed by atoms with E-state index in [0.29, 0.717) is 16.3 Å². The molecule has 0 aliphatic heterocycles. The Morgan fingerprint density at radius 2 is 1.90 bits per heavy atom. The van der Waals surface area contributed by atoms with Gasteiger partial charge < -0.3 is 9.84 Å². The maximum atomic E-state index is 12.3. The zero-order valence-electron chi connectivity index (χ0n) is 11.4. The van der Waals surface area contributed by atoms with Crippen molar-refractivity contribution in [2.75, 3.05) is 11.8 Å². The van der Waals surface area contributed by atoms with E-state index >= 15 is 0 Å². The lowest BCUT2D eigenvalue weighted by molar-refractivity contribution is 0.416. The summed E-state index contributed by atoms with van der Waals surface area (Å²) in [5.74, 6) is -0.0285. The van der Waals surface area contributed by atoms with E-state index in [0.717, 1.165) is 0 Å². The number of hydrogen-bond acceptors (Lipinski definition) is 4. The highest BCUT2D eigenvalue weighted by molar-refractivity contribution is 7.92. The van der Waals surface area contributed by atoms with Crippen LogP contribution in [0.4, 0.5) is 5.69 Å². The standard InChI is InChI=1S/C14H14ClNO4S/c1-9-7-11(13(20-2)8-10(9)15)16-21(18,19)14-6-4-3-5-12(14)17/h3-8,16-17H,1-2H3. The van der Waals surface area contributed by atoms with Crippen LogP contribution < -0.4 is 9.46 Å². The molecule has 0 aliphatic carbocycles. The van der Waals surface area contributed by atoms with Gasteiger partial charge in [0.2, 0.25) is 0 Å². The van der Waals surface area contributed by atoms with Gasteiger partial charge in [-0.05, 0) is 30.7 Å². The lowest BCUT2D eigenvalue weighted by Gasteiger charge is -2.14. The minimum absolute atomic E-state index is 0.209. The van der Waals surface area contributed by atoms with Gasteiger partial charge in [0.05, 0.1) is 12.8 Å². The number of sulfonamides is 1. The minimum Gasteiger partial charge on any atom is -0.507 e. The molecule has 5 nitrogen and oxygen atoms in total. The Labute approximate surface area is 128 Å². The molecule has 2 aromatic carbocycles. The van der Waals surface area contributed by atoms with Gasteiger partial charge in [-0.2, -0.15) is 0 Å². The predicted octanol–water partition coefficient (Wildman–Crippen LogP) is 3.16. The Balaban J connectivity index is 2.47. The summed E-state index contributed by atoms with van der Waals surface area (Å²) in [5, 5.41) is 10.1. The molecule has 112 valence electrons. The average Bonchev–Trinajstić information content (AvgIpc) is 2.42. The molecule has 0 aromatic heterocycles. The summed E-state index contributed by atoms with van der Waals surface area (Å²) in [7, 11) is -2.51. The van der Waals surface area contributed by atoms with Crippen molar-refractivity contribution in [2.24, 2.45) is 0 Å². The topological polar surface area (TPSA) is 75.6 Å². The number of nitrogens with one attached hydrogen (secondary N) is 1. The smallest absolute Gasteiger partial charge is 0.265 e. The first-order chi connectivity index (χ1) is 9.85. The largest absolute Gasteiger partial charge is 0.507 e. The SMILES string of the molecule is COc1cc(Cl)c(C)cc1NS(=O)(=O)c1ccccc1O. The van der Waals surface area contributed by atoms with Crippen molar-refractivity contribution < 1.29 is 18.3 Å². The maximum Gasteiger partial charge on any atom is 0.265 e. The second-order valence-electron chi connectivity index (χ2n) is 4.37. The van der Waals surface area contributed by atoms with Gasteiger partial charge in [-0.15, -0.1) is 0 Å². The van der Waals surface area contributed by atoms with Crippen LogP contribution in [0, 0.1) is 6.92 Å². The van der Waals surface area contributed by atoms with E-state index < -0.39 is 10.0 Å². The van der Waals surface area contributed by atoms with Crippen LogP contribution in [0.5, 0.6) is 11.5 Å². The molecule has 2 N–H and O–H groups in total. The second kappa shape index (κ2) is 5.83. The number of anilines is 1. The van der Waals surface area contributed by atoms with Crippen molar-refractivity contribution in [2.45, 2.75) is 11.8 Å². The Morgan fingerprint density at radius 1 is 1.24 bits per heavy atom. The van der Waals surface area contributed by atoms with Gasteiger partial charge in [-0.3, -0.25) is 4.72 Å². The molecule has 0 bridgehead atoms. The van der Waals surface area contributed by atoms with Gasteiger partial charge in [-0.25, -0.2) is 8.42 Å². The van der Waals surface area contributed by atoms with E-state index in [9.17, 15) is 13.5 Å². The summed E-state index contributed by atoms with van der Waals surface area (Å²) in [6.45, 7) is 1.75. The molecule has 0 saturated heterocycles. The van der Waals surface area contributed by atoms with Crippen molar-refractivity contribution in [3.05, 3.63) is 47.0 Å².